The number of rotatable bonds is 6. The van der Waals surface area contributed by atoms with Crippen LogP contribution in [0, 0.1) is 0 Å². The van der Waals surface area contributed by atoms with Crippen LogP contribution in [0.4, 0.5) is 0 Å². The Bertz CT molecular complexity index is 106. The van der Waals surface area contributed by atoms with E-state index < -0.39 is 0 Å². The van der Waals surface area contributed by atoms with E-state index in [0.717, 1.165) is 12.8 Å². The van der Waals surface area contributed by atoms with Crippen LogP contribution in [0.1, 0.15) is 26.7 Å². The van der Waals surface area contributed by atoms with Crippen molar-refractivity contribution in [2.24, 2.45) is 0 Å². The summed E-state index contributed by atoms with van der Waals surface area (Å²) in [5, 5.41) is 0. The molecular weight excluding hydrogens is 167 g/mol. The van der Waals surface area contributed by atoms with Crippen LogP contribution in [0.15, 0.2) is 0 Å². The number of hydrogen-bond acceptors (Lipinski definition) is 3. The van der Waals surface area contributed by atoms with Crippen molar-refractivity contribution < 1.29 is 14.3 Å². The van der Waals surface area contributed by atoms with Gasteiger partial charge in [0.25, 0.3) is 0 Å². The summed E-state index contributed by atoms with van der Waals surface area (Å²) in [6.45, 7) is 5.02. The topological polar surface area (TPSA) is 35.5 Å². The number of ether oxygens (including phenoxy) is 2. The van der Waals surface area contributed by atoms with Crippen LogP contribution < -0.4 is 0 Å². The van der Waals surface area contributed by atoms with Crippen LogP contribution in [0.3, 0.4) is 0 Å². The van der Waals surface area contributed by atoms with Gasteiger partial charge in [-0.15, -0.1) is 0 Å². The second-order valence-corrected chi connectivity index (χ2v) is 2.21. The molecule has 0 heterocycles. The van der Waals surface area contributed by atoms with Crippen molar-refractivity contribution in [3.8, 4) is 0 Å². The van der Waals surface area contributed by atoms with Gasteiger partial charge in [-0.1, -0.05) is 13.3 Å². The number of unbranched alkanes of at least 4 members (excludes halogenated alkanes) is 1. The van der Waals surface area contributed by atoms with E-state index in [9.17, 15) is 4.79 Å². The molecule has 0 rings (SSSR count). The zero-order valence-corrected chi connectivity index (χ0v) is 7.26. The van der Waals surface area contributed by atoms with E-state index in [2.05, 4.69) is 11.7 Å². The summed E-state index contributed by atoms with van der Waals surface area (Å²) in [5.41, 5.74) is 0. The molecule has 0 aliphatic rings. The van der Waals surface area contributed by atoms with Gasteiger partial charge in [0.15, 0.2) is 0 Å². The molecule has 0 aromatic rings. The van der Waals surface area contributed by atoms with Gasteiger partial charge in [-0.25, -0.2) is 4.79 Å². The molecule has 0 saturated heterocycles. The van der Waals surface area contributed by atoms with E-state index in [1.165, 1.54) is 0 Å². The van der Waals surface area contributed by atoms with Crippen LogP contribution in [-0.4, -0.2) is 55.3 Å². The molecule has 68 valence electrons. The third-order valence-electron chi connectivity index (χ3n) is 1.17. The fourth-order valence-electron chi connectivity index (χ4n) is 0.605. The quantitative estimate of drug-likeness (QED) is 0.346. The molecule has 0 spiro atoms. The van der Waals surface area contributed by atoms with Gasteiger partial charge in [0.1, 0.15) is 6.61 Å². The molecule has 0 N–H and O–H groups in total. The molecule has 0 fully saturated rings. The van der Waals surface area contributed by atoms with Crippen molar-refractivity contribution >= 4 is 35.5 Å². The van der Waals surface area contributed by atoms with Gasteiger partial charge in [-0.3, -0.25) is 0 Å². The first kappa shape index (κ1) is 14.9. The second-order valence-electron chi connectivity index (χ2n) is 2.21. The van der Waals surface area contributed by atoms with E-state index in [1.54, 1.807) is 6.92 Å². The Morgan fingerprint density at radius 1 is 1.33 bits per heavy atom. The van der Waals surface area contributed by atoms with Crippen LogP contribution in [0.5, 0.6) is 0 Å². The van der Waals surface area contributed by atoms with E-state index in [-0.39, 0.29) is 42.1 Å². The minimum atomic E-state index is -0.274. The average molecular weight is 184 g/mol. The van der Waals surface area contributed by atoms with Crippen LogP contribution in [-0.2, 0) is 14.3 Å². The molecule has 4 heteroatoms. The predicted molar refractivity (Wildman–Crippen MR) is 49.5 cm³/mol. The normalized spacial score (nSPS) is 8.83. The number of carbonyl (C=O) groups excluding carboxylic acids is 1. The molecule has 0 amide bonds. The molecule has 0 aliphatic heterocycles. The van der Waals surface area contributed by atoms with Crippen molar-refractivity contribution in [1.82, 2.24) is 0 Å². The first-order chi connectivity index (χ1) is 5.31. The van der Waals surface area contributed by atoms with Crippen molar-refractivity contribution in [2.75, 3.05) is 19.8 Å². The van der Waals surface area contributed by atoms with E-state index in [0.29, 0.717) is 13.2 Å². The van der Waals surface area contributed by atoms with Crippen molar-refractivity contribution in [3.05, 3.63) is 0 Å². The van der Waals surface area contributed by atoms with Crippen LogP contribution in [0.25, 0.3) is 0 Å². The van der Waals surface area contributed by atoms with Crippen LogP contribution >= 0.6 is 0 Å². The SMILES string of the molecule is CCCCOCC(=O)OCC.[NaH]. The standard InChI is InChI=1S/C8H16O3.Na.H/c1-3-5-6-10-7-8(9)11-4-2;;/h3-7H2,1-2H3;;. The molecule has 0 aromatic carbocycles. The van der Waals surface area contributed by atoms with E-state index in [1.807, 2.05) is 0 Å². The second kappa shape index (κ2) is 11.4. The first-order valence-electron chi connectivity index (χ1n) is 4.04. The number of esters is 1. The minimum absolute atomic E-state index is 0. The summed E-state index contributed by atoms with van der Waals surface area (Å²) in [6.07, 6.45) is 2.09. The van der Waals surface area contributed by atoms with Crippen molar-refractivity contribution in [3.63, 3.8) is 0 Å². The zero-order chi connectivity index (χ0) is 8.53. The molecule has 3 nitrogen and oxygen atoms in total. The molecule has 12 heavy (non-hydrogen) atoms. The fourth-order valence-corrected chi connectivity index (χ4v) is 0.605. The summed E-state index contributed by atoms with van der Waals surface area (Å²) in [6, 6.07) is 0. The van der Waals surface area contributed by atoms with Gasteiger partial charge in [-0.05, 0) is 13.3 Å². The zero-order valence-electron chi connectivity index (χ0n) is 7.26. The molecule has 0 aliphatic carbocycles. The third-order valence-corrected chi connectivity index (χ3v) is 1.17. The van der Waals surface area contributed by atoms with Gasteiger partial charge in [0, 0.05) is 6.61 Å². The Kier molecular flexibility index (Phi) is 14.2. The Labute approximate surface area is 96.1 Å². The maximum atomic E-state index is 10.7. The predicted octanol–water partition coefficient (Wildman–Crippen LogP) is 0.718. The summed E-state index contributed by atoms with van der Waals surface area (Å²) in [5.74, 6) is -0.274. The Hall–Kier alpha value is 0.430. The Morgan fingerprint density at radius 2 is 2.00 bits per heavy atom. The van der Waals surface area contributed by atoms with Crippen LogP contribution in [0.2, 0.25) is 0 Å². The number of carbonyl (C=O) groups is 1. The van der Waals surface area contributed by atoms with E-state index >= 15 is 0 Å². The summed E-state index contributed by atoms with van der Waals surface area (Å²) in [7, 11) is 0. The molecule has 0 radical (unpaired) electrons. The fraction of sp³-hybridized carbons (Fsp3) is 0.875. The summed E-state index contributed by atoms with van der Waals surface area (Å²) < 4.78 is 9.67. The van der Waals surface area contributed by atoms with Gasteiger partial charge < -0.3 is 9.47 Å². The van der Waals surface area contributed by atoms with Crippen molar-refractivity contribution in [1.29, 1.82) is 0 Å². The summed E-state index contributed by atoms with van der Waals surface area (Å²) >= 11 is 0. The molecule has 0 aromatic heterocycles. The Balaban J connectivity index is 0. The van der Waals surface area contributed by atoms with Gasteiger partial charge >= 0.3 is 35.5 Å². The monoisotopic (exact) mass is 184 g/mol. The Morgan fingerprint density at radius 3 is 2.50 bits per heavy atom. The maximum absolute atomic E-state index is 10.7. The van der Waals surface area contributed by atoms with Gasteiger partial charge in [-0.2, -0.15) is 0 Å². The molecule has 0 bridgehead atoms. The first-order valence-corrected chi connectivity index (χ1v) is 4.04. The molecule has 0 unspecified atom stereocenters. The molecule has 0 saturated carbocycles. The van der Waals surface area contributed by atoms with E-state index in [4.69, 9.17) is 4.74 Å². The summed E-state index contributed by atoms with van der Waals surface area (Å²) in [4.78, 5) is 10.7. The van der Waals surface area contributed by atoms with Crippen molar-refractivity contribution in [2.45, 2.75) is 26.7 Å². The van der Waals surface area contributed by atoms with Gasteiger partial charge in [0.2, 0.25) is 0 Å². The third kappa shape index (κ3) is 10.4. The molecule has 0 atom stereocenters. The molecular formula is C8H17NaO3. The van der Waals surface area contributed by atoms with Gasteiger partial charge in [0.05, 0.1) is 6.61 Å². The number of hydrogen-bond donors (Lipinski definition) is 0. The average Bonchev–Trinajstić information content (AvgIpc) is 1.99.